The second-order valence-corrected chi connectivity index (χ2v) is 7.78. The molecule has 0 saturated carbocycles. The molecule has 0 amide bonds. The van der Waals surface area contributed by atoms with Gasteiger partial charge in [-0.2, -0.15) is 5.26 Å². The Labute approximate surface area is 163 Å². The molecule has 6 heteroatoms. The minimum atomic E-state index is 0.718. The second kappa shape index (κ2) is 8.49. The highest BCUT2D eigenvalue weighted by Gasteiger charge is 2.17. The van der Waals surface area contributed by atoms with Crippen molar-refractivity contribution < 1.29 is 4.42 Å². The van der Waals surface area contributed by atoms with Gasteiger partial charge >= 0.3 is 0 Å². The van der Waals surface area contributed by atoms with Crippen LogP contribution >= 0.6 is 11.3 Å². The highest BCUT2D eigenvalue weighted by atomic mass is 32.1. The van der Waals surface area contributed by atoms with E-state index < -0.39 is 0 Å². The van der Waals surface area contributed by atoms with Gasteiger partial charge in [-0.25, -0.2) is 4.98 Å². The molecule has 0 aliphatic carbocycles. The summed E-state index contributed by atoms with van der Waals surface area (Å²) in [6.45, 7) is 6.00. The quantitative estimate of drug-likeness (QED) is 0.672. The molecule has 0 unspecified atom stereocenters. The lowest BCUT2D eigenvalue weighted by atomic mass is 10.1. The topological polar surface area (TPSA) is 56.3 Å². The number of hydrogen-bond donors (Lipinski definition) is 0. The number of thiophene rings is 1. The molecular weight excluding hydrogens is 356 g/mol. The molecule has 2 aromatic heterocycles. The molecule has 27 heavy (non-hydrogen) atoms. The normalized spacial score (nSPS) is 16.1. The zero-order chi connectivity index (χ0) is 18.5. The van der Waals surface area contributed by atoms with E-state index in [1.54, 1.807) is 17.6 Å². The zero-order valence-electron chi connectivity index (χ0n) is 15.2. The molecule has 138 valence electrons. The summed E-state index contributed by atoms with van der Waals surface area (Å²) in [7, 11) is 0. The molecule has 1 fully saturated rings. The van der Waals surface area contributed by atoms with Gasteiger partial charge in [0.2, 0.25) is 5.89 Å². The molecule has 0 atom stereocenters. The van der Waals surface area contributed by atoms with Gasteiger partial charge in [0.15, 0.2) is 0 Å². The monoisotopic (exact) mass is 378 g/mol. The van der Waals surface area contributed by atoms with E-state index >= 15 is 0 Å². The minimum absolute atomic E-state index is 0.718. The lowest BCUT2D eigenvalue weighted by molar-refractivity contribution is 0.245. The fourth-order valence-corrected chi connectivity index (χ4v) is 4.06. The maximum absolute atomic E-state index is 8.92. The third-order valence-electron chi connectivity index (χ3n) is 4.84. The minimum Gasteiger partial charge on any atom is -0.444 e. The van der Waals surface area contributed by atoms with Crippen LogP contribution in [0.1, 0.15) is 23.2 Å². The number of rotatable bonds is 5. The van der Waals surface area contributed by atoms with Crippen molar-refractivity contribution in [1.82, 2.24) is 14.8 Å². The molecule has 0 radical (unpaired) electrons. The highest BCUT2D eigenvalue weighted by Crippen LogP contribution is 2.24. The first-order valence-corrected chi connectivity index (χ1v) is 10.1. The van der Waals surface area contributed by atoms with E-state index in [0.29, 0.717) is 0 Å². The van der Waals surface area contributed by atoms with Gasteiger partial charge in [-0.15, -0.1) is 11.3 Å². The summed E-state index contributed by atoms with van der Waals surface area (Å²) in [5, 5.41) is 11.0. The summed E-state index contributed by atoms with van der Waals surface area (Å²) in [6.07, 6.45) is 2.93. The van der Waals surface area contributed by atoms with Crippen molar-refractivity contribution in [2.24, 2.45) is 0 Å². The molecule has 1 aliphatic heterocycles. The molecule has 3 heterocycles. The van der Waals surface area contributed by atoms with Gasteiger partial charge in [-0.1, -0.05) is 18.2 Å². The number of benzene rings is 1. The molecule has 3 aromatic rings. The van der Waals surface area contributed by atoms with Crippen LogP contribution in [-0.4, -0.2) is 41.0 Å². The van der Waals surface area contributed by atoms with Crippen LogP contribution in [0.2, 0.25) is 0 Å². The van der Waals surface area contributed by atoms with Crippen LogP contribution in [0.5, 0.6) is 0 Å². The number of nitriles is 1. The molecular formula is C21H22N4OS. The largest absolute Gasteiger partial charge is 0.444 e. The molecule has 0 spiro atoms. The van der Waals surface area contributed by atoms with Crippen molar-refractivity contribution in [3.05, 3.63) is 64.9 Å². The van der Waals surface area contributed by atoms with Gasteiger partial charge in [-0.3, -0.25) is 9.80 Å². The van der Waals surface area contributed by atoms with Crippen LogP contribution in [-0.2, 0) is 13.1 Å². The van der Waals surface area contributed by atoms with Crippen molar-refractivity contribution in [2.75, 3.05) is 26.2 Å². The number of nitrogens with zero attached hydrogens (tertiary/aromatic N) is 4. The predicted octanol–water partition coefficient (Wildman–Crippen LogP) is 3.98. The SMILES string of the molecule is N#Cc1ccc(CN2CCCN(Cc3coc(-c4cccs4)n3)CC2)cc1. The highest BCUT2D eigenvalue weighted by molar-refractivity contribution is 7.13. The van der Waals surface area contributed by atoms with Gasteiger partial charge in [0.25, 0.3) is 0 Å². The standard InChI is InChI=1S/C21H22N4OS/c22-13-17-4-6-18(7-5-17)14-24-8-2-9-25(11-10-24)15-19-16-26-21(23-19)20-3-1-12-27-20/h1,3-7,12,16H,2,8-11,14-15H2. The second-order valence-electron chi connectivity index (χ2n) is 6.84. The van der Waals surface area contributed by atoms with Crippen LogP contribution < -0.4 is 0 Å². The predicted molar refractivity (Wildman–Crippen MR) is 106 cm³/mol. The van der Waals surface area contributed by atoms with Crippen molar-refractivity contribution >= 4 is 11.3 Å². The van der Waals surface area contributed by atoms with Crippen LogP contribution in [0.25, 0.3) is 10.8 Å². The van der Waals surface area contributed by atoms with Crippen LogP contribution in [0, 0.1) is 11.3 Å². The first-order valence-electron chi connectivity index (χ1n) is 9.22. The fourth-order valence-electron chi connectivity index (χ4n) is 3.41. The zero-order valence-corrected chi connectivity index (χ0v) is 16.0. The van der Waals surface area contributed by atoms with Crippen molar-refractivity contribution in [3.8, 4) is 16.8 Å². The Hall–Kier alpha value is -2.46. The molecule has 0 N–H and O–H groups in total. The van der Waals surface area contributed by atoms with Gasteiger partial charge < -0.3 is 4.42 Å². The van der Waals surface area contributed by atoms with Crippen molar-refractivity contribution in [2.45, 2.75) is 19.5 Å². The summed E-state index contributed by atoms with van der Waals surface area (Å²) >= 11 is 1.65. The maximum atomic E-state index is 8.92. The van der Waals surface area contributed by atoms with E-state index in [-0.39, 0.29) is 0 Å². The molecule has 1 aromatic carbocycles. The van der Waals surface area contributed by atoms with E-state index in [9.17, 15) is 0 Å². The van der Waals surface area contributed by atoms with E-state index in [0.717, 1.165) is 67.7 Å². The summed E-state index contributed by atoms with van der Waals surface area (Å²) < 4.78 is 5.64. The Morgan fingerprint density at radius 2 is 1.81 bits per heavy atom. The van der Waals surface area contributed by atoms with E-state index in [4.69, 9.17) is 9.68 Å². The first kappa shape index (κ1) is 17.9. The van der Waals surface area contributed by atoms with E-state index in [2.05, 4.69) is 33.0 Å². The number of oxazole rings is 1. The Bertz CT molecular complexity index is 895. The van der Waals surface area contributed by atoms with E-state index in [1.807, 2.05) is 29.6 Å². The Morgan fingerprint density at radius 1 is 1.04 bits per heavy atom. The molecule has 5 nitrogen and oxygen atoms in total. The third kappa shape index (κ3) is 4.64. The molecule has 0 bridgehead atoms. The van der Waals surface area contributed by atoms with Gasteiger partial charge in [-0.05, 0) is 48.7 Å². The molecule has 4 rings (SSSR count). The maximum Gasteiger partial charge on any atom is 0.236 e. The first-order chi connectivity index (χ1) is 13.3. The van der Waals surface area contributed by atoms with Crippen molar-refractivity contribution in [3.63, 3.8) is 0 Å². The summed E-state index contributed by atoms with van der Waals surface area (Å²) in [4.78, 5) is 10.7. The van der Waals surface area contributed by atoms with Gasteiger partial charge in [0.1, 0.15) is 6.26 Å². The van der Waals surface area contributed by atoms with Gasteiger partial charge in [0, 0.05) is 26.2 Å². The number of aromatic nitrogens is 1. The van der Waals surface area contributed by atoms with Crippen LogP contribution in [0.3, 0.4) is 0 Å². The van der Waals surface area contributed by atoms with Gasteiger partial charge in [0.05, 0.1) is 22.2 Å². The van der Waals surface area contributed by atoms with Crippen molar-refractivity contribution in [1.29, 1.82) is 5.26 Å². The molecule has 1 aliphatic rings. The van der Waals surface area contributed by atoms with Crippen LogP contribution in [0.4, 0.5) is 0 Å². The third-order valence-corrected chi connectivity index (χ3v) is 5.70. The average molecular weight is 379 g/mol. The lowest BCUT2D eigenvalue weighted by Crippen LogP contribution is -2.30. The number of hydrogen-bond acceptors (Lipinski definition) is 6. The Morgan fingerprint density at radius 3 is 2.52 bits per heavy atom. The van der Waals surface area contributed by atoms with E-state index in [1.165, 1.54) is 5.56 Å². The average Bonchev–Trinajstić information content (AvgIpc) is 3.33. The summed E-state index contributed by atoms with van der Waals surface area (Å²) in [5.41, 5.74) is 2.98. The smallest absolute Gasteiger partial charge is 0.236 e. The summed E-state index contributed by atoms with van der Waals surface area (Å²) in [6, 6.07) is 14.1. The van der Waals surface area contributed by atoms with Crippen LogP contribution in [0.15, 0.2) is 52.5 Å². The lowest BCUT2D eigenvalue weighted by Gasteiger charge is -2.21. The Kier molecular flexibility index (Phi) is 5.64. The molecule has 1 saturated heterocycles. The Balaban J connectivity index is 1.31. The summed E-state index contributed by atoms with van der Waals surface area (Å²) in [5.74, 6) is 0.720. The fraction of sp³-hybridized carbons (Fsp3) is 0.333.